The summed E-state index contributed by atoms with van der Waals surface area (Å²) in [7, 11) is 0. The molecule has 4 aromatic carbocycles. The van der Waals surface area contributed by atoms with Gasteiger partial charge in [-0.1, -0.05) is 31.6 Å². The monoisotopic (exact) mass is 676 g/mol. The van der Waals surface area contributed by atoms with Gasteiger partial charge in [-0.05, 0) is 72.5 Å². The number of halogens is 12. The Kier molecular flexibility index (Phi) is 10.4. The molecule has 14 heteroatoms. The van der Waals surface area contributed by atoms with Crippen molar-refractivity contribution in [3.63, 3.8) is 0 Å². The van der Waals surface area contributed by atoms with Gasteiger partial charge in [-0.3, -0.25) is 0 Å². The van der Waals surface area contributed by atoms with Crippen LogP contribution in [0.4, 0.5) is 52.7 Å². The summed E-state index contributed by atoms with van der Waals surface area (Å²) >= 11 is 0. The molecule has 0 amide bonds. The quantitative estimate of drug-likeness (QED) is 0.0998. The number of rotatable bonds is 9. The summed E-state index contributed by atoms with van der Waals surface area (Å²) in [6.45, 7) is 1.96. The van der Waals surface area contributed by atoms with E-state index in [1.807, 2.05) is 6.92 Å². The molecule has 0 aliphatic rings. The van der Waals surface area contributed by atoms with Crippen LogP contribution in [-0.4, -0.2) is 6.36 Å². The van der Waals surface area contributed by atoms with Gasteiger partial charge in [0.05, 0.1) is 5.56 Å². The lowest BCUT2D eigenvalue weighted by Gasteiger charge is -2.20. The molecule has 0 saturated heterocycles. The van der Waals surface area contributed by atoms with Crippen LogP contribution in [0.1, 0.15) is 48.4 Å². The summed E-state index contributed by atoms with van der Waals surface area (Å²) in [6.07, 6.45) is -7.37. The molecule has 0 N–H and O–H groups in total. The van der Waals surface area contributed by atoms with Crippen molar-refractivity contribution in [3.05, 3.63) is 118 Å². The number of ether oxygens (including phenoxy) is 2. The molecule has 4 aromatic rings. The first-order valence-corrected chi connectivity index (χ1v) is 13.6. The van der Waals surface area contributed by atoms with Crippen LogP contribution in [0.25, 0.3) is 11.1 Å². The van der Waals surface area contributed by atoms with E-state index < -0.39 is 92.5 Å². The average Bonchev–Trinajstić information content (AvgIpc) is 2.93. The van der Waals surface area contributed by atoms with Crippen LogP contribution < -0.4 is 9.47 Å². The van der Waals surface area contributed by atoms with Crippen LogP contribution >= 0.6 is 0 Å². The lowest BCUT2D eigenvalue weighted by atomic mass is 10.0. The minimum Gasteiger partial charge on any atom is -0.429 e. The zero-order chi connectivity index (χ0) is 34.7. The number of benzene rings is 4. The Balaban J connectivity index is 1.55. The first kappa shape index (κ1) is 35.1. The maximum absolute atomic E-state index is 14.9. The summed E-state index contributed by atoms with van der Waals surface area (Å²) in [5.41, 5.74) is -4.13. The molecule has 0 bridgehead atoms. The van der Waals surface area contributed by atoms with E-state index in [1.54, 1.807) is 0 Å². The third kappa shape index (κ3) is 8.52. The number of alkyl halides is 5. The highest BCUT2D eigenvalue weighted by atomic mass is 19.4. The molecule has 0 saturated carbocycles. The van der Waals surface area contributed by atoms with Crippen LogP contribution in [0.5, 0.6) is 11.5 Å². The zero-order valence-corrected chi connectivity index (χ0v) is 23.9. The Morgan fingerprint density at radius 1 is 0.617 bits per heavy atom. The molecule has 0 heterocycles. The van der Waals surface area contributed by atoms with Gasteiger partial charge in [0.15, 0.2) is 11.6 Å². The van der Waals surface area contributed by atoms with Crippen molar-refractivity contribution in [1.29, 1.82) is 0 Å². The zero-order valence-electron chi connectivity index (χ0n) is 23.9. The number of hydrogen-bond donors (Lipinski definition) is 0. The molecule has 4 rings (SSSR count). The number of aryl methyl sites for hydroxylation is 1. The van der Waals surface area contributed by atoms with E-state index in [0.29, 0.717) is 54.8 Å². The van der Waals surface area contributed by atoms with E-state index in [-0.39, 0.29) is 6.07 Å². The smallest absolute Gasteiger partial charge is 0.429 e. The lowest BCUT2D eigenvalue weighted by Crippen LogP contribution is -2.25. The fourth-order valence-electron chi connectivity index (χ4n) is 4.45. The third-order valence-corrected chi connectivity index (χ3v) is 6.55. The highest BCUT2D eigenvalue weighted by Crippen LogP contribution is 2.38. The Morgan fingerprint density at radius 2 is 1.21 bits per heavy atom. The van der Waals surface area contributed by atoms with Gasteiger partial charge in [0.25, 0.3) is 0 Å². The van der Waals surface area contributed by atoms with Crippen molar-refractivity contribution < 1.29 is 62.2 Å². The molecule has 0 atom stereocenters. The Morgan fingerprint density at radius 3 is 1.74 bits per heavy atom. The summed E-state index contributed by atoms with van der Waals surface area (Å²) in [4.78, 5) is 0. The highest BCUT2D eigenvalue weighted by molar-refractivity contribution is 5.66. The summed E-state index contributed by atoms with van der Waals surface area (Å²) < 4.78 is 176. The van der Waals surface area contributed by atoms with Gasteiger partial charge in [0.2, 0.25) is 5.75 Å². The van der Waals surface area contributed by atoms with Crippen molar-refractivity contribution in [2.45, 2.75) is 45.1 Å². The second kappa shape index (κ2) is 13.9. The Labute approximate surface area is 259 Å². The SMILES string of the molecule is CCCCCc1cc(F)c(C#Cc2cc(F)c(C(F)(F)Oc3ccc(-c4cc(F)c(OC(F)(F)F)c(F)c4)c(F)c3)c(F)c2)c(F)c1. The first-order chi connectivity index (χ1) is 22.0. The van der Waals surface area contributed by atoms with Gasteiger partial charge in [-0.2, -0.15) is 8.78 Å². The molecule has 2 nitrogen and oxygen atoms in total. The maximum Gasteiger partial charge on any atom is 0.573 e. The largest absolute Gasteiger partial charge is 0.573 e. The predicted molar refractivity (Wildman–Crippen MR) is 145 cm³/mol. The maximum atomic E-state index is 14.9. The van der Waals surface area contributed by atoms with Crippen LogP contribution in [0.3, 0.4) is 0 Å². The van der Waals surface area contributed by atoms with Gasteiger partial charge >= 0.3 is 12.5 Å². The molecule has 0 fully saturated rings. The second-order valence-electron chi connectivity index (χ2n) is 10.0. The standard InChI is InChI=1S/C33H20F12O2/c1-2-3-4-5-17-10-23(34)22(24(35)11-17)8-6-18-12-26(37)30(27(38)13-18)32(41,42)46-20-7-9-21(25(36)16-20)19-14-28(39)31(29(40)15-19)47-33(43,44)45/h7,9-16H,2-5H2,1H3. The predicted octanol–water partition coefficient (Wildman–Crippen LogP) is 10.5. The average molecular weight is 676 g/mol. The van der Waals surface area contributed by atoms with Crippen LogP contribution in [0, 0.1) is 52.6 Å². The Hall–Kier alpha value is -4.80. The lowest BCUT2D eigenvalue weighted by molar-refractivity contribution is -0.276. The number of hydrogen-bond acceptors (Lipinski definition) is 2. The van der Waals surface area contributed by atoms with E-state index in [0.717, 1.165) is 25.0 Å². The molecule has 248 valence electrons. The van der Waals surface area contributed by atoms with Crippen molar-refractivity contribution in [1.82, 2.24) is 0 Å². The molecule has 0 aliphatic carbocycles. The Bertz CT molecular complexity index is 1790. The van der Waals surface area contributed by atoms with Crippen LogP contribution in [-0.2, 0) is 12.5 Å². The van der Waals surface area contributed by atoms with E-state index in [1.165, 1.54) is 0 Å². The van der Waals surface area contributed by atoms with E-state index in [2.05, 4.69) is 21.3 Å². The third-order valence-electron chi connectivity index (χ3n) is 6.55. The van der Waals surface area contributed by atoms with Gasteiger partial charge < -0.3 is 9.47 Å². The van der Waals surface area contributed by atoms with Crippen molar-refractivity contribution in [2.75, 3.05) is 0 Å². The molecule has 0 spiro atoms. The fraction of sp³-hybridized carbons (Fsp3) is 0.212. The van der Waals surface area contributed by atoms with Crippen LogP contribution in [0.15, 0.2) is 54.6 Å². The highest BCUT2D eigenvalue weighted by Gasteiger charge is 2.41. The van der Waals surface area contributed by atoms with Crippen molar-refractivity contribution >= 4 is 0 Å². The topological polar surface area (TPSA) is 18.5 Å². The first-order valence-electron chi connectivity index (χ1n) is 13.6. The van der Waals surface area contributed by atoms with E-state index in [9.17, 15) is 52.7 Å². The summed E-state index contributed by atoms with van der Waals surface area (Å²) in [6, 6.07) is 5.01. The van der Waals surface area contributed by atoms with Gasteiger partial charge in [0.1, 0.15) is 40.4 Å². The number of unbranched alkanes of at least 4 members (excludes halogenated alkanes) is 2. The van der Waals surface area contributed by atoms with E-state index in [4.69, 9.17) is 0 Å². The minimum absolute atomic E-state index is 0.271. The van der Waals surface area contributed by atoms with Crippen molar-refractivity contribution in [2.24, 2.45) is 0 Å². The summed E-state index contributed by atoms with van der Waals surface area (Å²) in [5.74, 6) is -9.59. The molecule has 0 aromatic heterocycles. The van der Waals surface area contributed by atoms with Crippen molar-refractivity contribution in [3.8, 4) is 34.5 Å². The minimum atomic E-state index is -5.44. The molecule has 0 radical (unpaired) electrons. The molecule has 0 unspecified atom stereocenters. The fourth-order valence-corrected chi connectivity index (χ4v) is 4.45. The molecule has 47 heavy (non-hydrogen) atoms. The van der Waals surface area contributed by atoms with Gasteiger partial charge in [-0.25, -0.2) is 30.7 Å². The van der Waals surface area contributed by atoms with E-state index >= 15 is 0 Å². The second-order valence-corrected chi connectivity index (χ2v) is 10.0. The molecular weight excluding hydrogens is 656 g/mol. The summed E-state index contributed by atoms with van der Waals surface area (Å²) in [5, 5.41) is 0. The van der Waals surface area contributed by atoms with Gasteiger partial charge in [0, 0.05) is 17.2 Å². The normalized spacial score (nSPS) is 11.7. The molecule has 0 aliphatic heterocycles. The van der Waals surface area contributed by atoms with Crippen LogP contribution in [0.2, 0.25) is 0 Å². The van der Waals surface area contributed by atoms with Gasteiger partial charge in [-0.15, -0.1) is 13.2 Å². The molecular formula is C33H20F12O2.